The van der Waals surface area contributed by atoms with Gasteiger partial charge in [-0.15, -0.1) is 0 Å². The molecule has 0 aliphatic carbocycles. The second-order valence-electron chi connectivity index (χ2n) is 5.44. The minimum absolute atomic E-state index is 0.122. The number of hydrogen-bond acceptors (Lipinski definition) is 3. The summed E-state index contributed by atoms with van der Waals surface area (Å²) >= 11 is 0. The minimum Gasteiger partial charge on any atom is -0.477 e. The standard InChI is InChI=1S/C16H20N2O3/c1-5-10(2)18-9-13(16(20)21)15(19)12-8-11(17(3)4)6-7-14(12)18/h6-10H,5H2,1-4H3,(H,20,21). The van der Waals surface area contributed by atoms with Gasteiger partial charge < -0.3 is 14.6 Å². The highest BCUT2D eigenvalue weighted by Gasteiger charge is 2.17. The highest BCUT2D eigenvalue weighted by atomic mass is 16.4. The number of carbonyl (C=O) groups is 1. The van der Waals surface area contributed by atoms with Crippen LogP contribution in [0.25, 0.3) is 10.9 Å². The molecule has 5 nitrogen and oxygen atoms in total. The number of carboxylic acids is 1. The summed E-state index contributed by atoms with van der Waals surface area (Å²) in [4.78, 5) is 25.6. The van der Waals surface area contributed by atoms with Crippen molar-refractivity contribution >= 4 is 22.6 Å². The number of nitrogens with zero attached hydrogens (tertiary/aromatic N) is 2. The Labute approximate surface area is 123 Å². The third kappa shape index (κ3) is 2.63. The van der Waals surface area contributed by atoms with Gasteiger partial charge in [0.2, 0.25) is 5.43 Å². The summed E-state index contributed by atoms with van der Waals surface area (Å²) in [5.41, 5.74) is 1.03. The molecule has 0 aliphatic rings. The van der Waals surface area contributed by atoms with Crippen molar-refractivity contribution in [3.8, 4) is 0 Å². The first-order valence-corrected chi connectivity index (χ1v) is 6.96. The second-order valence-corrected chi connectivity index (χ2v) is 5.44. The fourth-order valence-corrected chi connectivity index (χ4v) is 2.34. The predicted octanol–water partition coefficient (Wildman–Crippen LogP) is 2.74. The maximum Gasteiger partial charge on any atom is 0.341 e. The molecule has 2 rings (SSSR count). The second kappa shape index (κ2) is 5.60. The third-order valence-corrected chi connectivity index (χ3v) is 3.83. The van der Waals surface area contributed by atoms with Gasteiger partial charge in [-0.25, -0.2) is 4.79 Å². The Morgan fingerprint density at radius 3 is 2.57 bits per heavy atom. The lowest BCUT2D eigenvalue weighted by Gasteiger charge is -2.20. The first-order chi connectivity index (χ1) is 9.86. The smallest absolute Gasteiger partial charge is 0.341 e. The van der Waals surface area contributed by atoms with Crippen LogP contribution >= 0.6 is 0 Å². The van der Waals surface area contributed by atoms with E-state index in [0.29, 0.717) is 5.39 Å². The molecule has 1 heterocycles. The van der Waals surface area contributed by atoms with Crippen LogP contribution in [0.3, 0.4) is 0 Å². The van der Waals surface area contributed by atoms with Crippen molar-refractivity contribution < 1.29 is 9.90 Å². The van der Waals surface area contributed by atoms with Crippen molar-refractivity contribution in [3.63, 3.8) is 0 Å². The van der Waals surface area contributed by atoms with E-state index in [0.717, 1.165) is 17.6 Å². The van der Waals surface area contributed by atoms with Crippen molar-refractivity contribution in [3.05, 3.63) is 40.2 Å². The Morgan fingerprint density at radius 2 is 2.05 bits per heavy atom. The Bertz CT molecular complexity index is 747. The van der Waals surface area contributed by atoms with Gasteiger partial charge in [-0.3, -0.25) is 4.79 Å². The molecule has 0 saturated heterocycles. The van der Waals surface area contributed by atoms with Gasteiger partial charge in [-0.2, -0.15) is 0 Å². The zero-order chi connectivity index (χ0) is 15.7. The van der Waals surface area contributed by atoms with Crippen molar-refractivity contribution in [2.75, 3.05) is 19.0 Å². The van der Waals surface area contributed by atoms with Crippen molar-refractivity contribution in [1.82, 2.24) is 4.57 Å². The fraction of sp³-hybridized carbons (Fsp3) is 0.375. The number of rotatable bonds is 4. The number of carboxylic acid groups (broad SMARTS) is 1. The molecule has 2 aromatic rings. The highest BCUT2D eigenvalue weighted by Crippen LogP contribution is 2.23. The summed E-state index contributed by atoms with van der Waals surface area (Å²) in [6.07, 6.45) is 2.31. The van der Waals surface area contributed by atoms with Gasteiger partial charge in [0, 0.05) is 37.4 Å². The monoisotopic (exact) mass is 288 g/mol. The van der Waals surface area contributed by atoms with E-state index in [1.54, 1.807) is 6.07 Å². The van der Waals surface area contributed by atoms with Gasteiger partial charge >= 0.3 is 5.97 Å². The van der Waals surface area contributed by atoms with E-state index < -0.39 is 11.4 Å². The van der Waals surface area contributed by atoms with E-state index in [-0.39, 0.29) is 11.6 Å². The maximum absolute atomic E-state index is 12.4. The molecule has 0 radical (unpaired) electrons. The van der Waals surface area contributed by atoms with E-state index in [2.05, 4.69) is 0 Å². The molecule has 1 atom stereocenters. The third-order valence-electron chi connectivity index (χ3n) is 3.83. The molecule has 1 N–H and O–H groups in total. The van der Waals surface area contributed by atoms with E-state index >= 15 is 0 Å². The SMILES string of the molecule is CCC(C)n1cc(C(=O)O)c(=O)c2cc(N(C)C)ccc21. The van der Waals surface area contributed by atoms with Crippen LogP contribution < -0.4 is 10.3 Å². The van der Waals surface area contributed by atoms with Gasteiger partial charge in [0.1, 0.15) is 5.56 Å². The summed E-state index contributed by atoms with van der Waals surface area (Å²) in [7, 11) is 3.77. The summed E-state index contributed by atoms with van der Waals surface area (Å²) < 4.78 is 1.87. The van der Waals surface area contributed by atoms with Gasteiger partial charge in [0.05, 0.1) is 5.52 Å². The minimum atomic E-state index is -1.19. The van der Waals surface area contributed by atoms with Crippen LogP contribution in [-0.4, -0.2) is 29.7 Å². The molecule has 1 aromatic heterocycles. The Kier molecular flexibility index (Phi) is 4.02. The highest BCUT2D eigenvalue weighted by molar-refractivity contribution is 5.93. The summed E-state index contributed by atoms with van der Waals surface area (Å²) in [6, 6.07) is 5.69. The van der Waals surface area contributed by atoms with Gasteiger partial charge in [0.25, 0.3) is 0 Å². The zero-order valence-electron chi connectivity index (χ0n) is 12.8. The quantitative estimate of drug-likeness (QED) is 0.939. The average molecular weight is 288 g/mol. The van der Waals surface area contributed by atoms with Crippen LogP contribution in [0.5, 0.6) is 0 Å². The van der Waals surface area contributed by atoms with Crippen LogP contribution in [0.4, 0.5) is 5.69 Å². The van der Waals surface area contributed by atoms with Gasteiger partial charge in [0.15, 0.2) is 0 Å². The number of aromatic carboxylic acids is 1. The lowest BCUT2D eigenvalue weighted by Crippen LogP contribution is -2.20. The molecule has 21 heavy (non-hydrogen) atoms. The lowest BCUT2D eigenvalue weighted by molar-refractivity contribution is 0.0694. The Hall–Kier alpha value is -2.30. The summed E-state index contributed by atoms with van der Waals surface area (Å²) in [5.74, 6) is -1.19. The van der Waals surface area contributed by atoms with Crippen LogP contribution in [0.15, 0.2) is 29.2 Å². The molecule has 5 heteroatoms. The van der Waals surface area contributed by atoms with Crippen LogP contribution in [0, 0.1) is 0 Å². The van der Waals surface area contributed by atoms with Crippen molar-refractivity contribution in [2.24, 2.45) is 0 Å². The predicted molar refractivity (Wildman–Crippen MR) is 84.5 cm³/mol. The summed E-state index contributed by atoms with van der Waals surface area (Å²) in [5, 5.41) is 9.70. The molecule has 1 aromatic carbocycles. The average Bonchev–Trinajstić information content (AvgIpc) is 2.46. The topological polar surface area (TPSA) is 62.5 Å². The zero-order valence-corrected chi connectivity index (χ0v) is 12.8. The van der Waals surface area contributed by atoms with Crippen LogP contribution in [0.1, 0.15) is 36.7 Å². The lowest BCUT2D eigenvalue weighted by atomic mass is 10.1. The number of benzene rings is 1. The molecule has 0 spiro atoms. The number of anilines is 1. The molecule has 0 amide bonds. The van der Waals surface area contributed by atoms with Gasteiger partial charge in [-0.1, -0.05) is 6.92 Å². The van der Waals surface area contributed by atoms with Crippen LogP contribution in [0.2, 0.25) is 0 Å². The number of aromatic nitrogens is 1. The number of pyridine rings is 1. The normalized spacial score (nSPS) is 12.4. The molecule has 0 saturated carbocycles. The molecule has 1 unspecified atom stereocenters. The number of hydrogen-bond donors (Lipinski definition) is 1. The van der Waals surface area contributed by atoms with E-state index in [1.807, 2.05) is 49.5 Å². The molecule has 0 fully saturated rings. The fourth-order valence-electron chi connectivity index (χ4n) is 2.34. The first kappa shape index (κ1) is 15.1. The van der Waals surface area contributed by atoms with Crippen molar-refractivity contribution in [2.45, 2.75) is 26.3 Å². The molecular weight excluding hydrogens is 268 g/mol. The molecule has 0 bridgehead atoms. The van der Waals surface area contributed by atoms with E-state index in [1.165, 1.54) is 6.20 Å². The maximum atomic E-state index is 12.4. The summed E-state index contributed by atoms with van der Waals surface area (Å²) in [6.45, 7) is 4.04. The number of fused-ring (bicyclic) bond motifs is 1. The van der Waals surface area contributed by atoms with Crippen molar-refractivity contribution in [1.29, 1.82) is 0 Å². The Balaban J connectivity index is 2.88. The largest absolute Gasteiger partial charge is 0.477 e. The van der Waals surface area contributed by atoms with Gasteiger partial charge in [-0.05, 0) is 31.5 Å². The van der Waals surface area contributed by atoms with Crippen LogP contribution in [-0.2, 0) is 0 Å². The molecule has 112 valence electrons. The van der Waals surface area contributed by atoms with E-state index in [9.17, 15) is 14.7 Å². The first-order valence-electron chi connectivity index (χ1n) is 6.96. The molecular formula is C16H20N2O3. The van der Waals surface area contributed by atoms with E-state index in [4.69, 9.17) is 0 Å². The Morgan fingerprint density at radius 1 is 1.38 bits per heavy atom. The molecule has 0 aliphatic heterocycles.